The number of allylic oxidation sites excluding steroid dienone is 2. The van der Waals surface area contributed by atoms with Gasteiger partial charge in [0.15, 0.2) is 0 Å². The van der Waals surface area contributed by atoms with Crippen molar-refractivity contribution >= 4 is 17.5 Å². The number of rotatable bonds is 11. The van der Waals surface area contributed by atoms with Crippen molar-refractivity contribution in [2.45, 2.75) is 46.1 Å². The summed E-state index contributed by atoms with van der Waals surface area (Å²) in [5.74, 6) is 0.545. The average molecular weight is 454 g/mol. The van der Waals surface area contributed by atoms with E-state index < -0.39 is 0 Å². The van der Waals surface area contributed by atoms with Crippen molar-refractivity contribution < 1.29 is 18.7 Å². The monoisotopic (exact) mass is 453 g/mol. The second kappa shape index (κ2) is 12.4. The predicted molar refractivity (Wildman–Crippen MR) is 129 cm³/mol. The number of ether oxygens (including phenoxy) is 1. The van der Waals surface area contributed by atoms with E-state index in [-0.39, 0.29) is 24.9 Å². The van der Waals surface area contributed by atoms with E-state index in [1.807, 2.05) is 49.1 Å². The van der Waals surface area contributed by atoms with Gasteiger partial charge < -0.3 is 19.4 Å². The molecule has 7 nitrogen and oxygen atoms in total. The van der Waals surface area contributed by atoms with E-state index in [4.69, 9.17) is 9.15 Å². The summed E-state index contributed by atoms with van der Waals surface area (Å²) >= 11 is 0. The molecule has 178 valence electrons. The number of hydrogen-bond acceptors (Lipinski definition) is 5. The normalized spacial score (nSPS) is 13.6. The van der Waals surface area contributed by atoms with E-state index in [1.165, 1.54) is 0 Å². The van der Waals surface area contributed by atoms with Crippen molar-refractivity contribution in [1.82, 2.24) is 9.80 Å². The first-order valence-corrected chi connectivity index (χ1v) is 11.6. The number of carbonyl (C=O) groups excluding carboxylic acids is 2. The van der Waals surface area contributed by atoms with Gasteiger partial charge in [-0.3, -0.25) is 14.5 Å². The first-order chi connectivity index (χ1) is 16.0. The maximum atomic E-state index is 13.4. The molecule has 7 heteroatoms. The molecular formula is C26H35N3O4. The van der Waals surface area contributed by atoms with Crippen LogP contribution in [0.15, 0.2) is 52.8 Å². The van der Waals surface area contributed by atoms with E-state index in [2.05, 4.69) is 11.4 Å². The number of hydrogen-bond donors (Lipinski definition) is 1. The zero-order valence-corrected chi connectivity index (χ0v) is 19.9. The molecule has 2 aromatic rings. The van der Waals surface area contributed by atoms with Gasteiger partial charge in [0.25, 0.3) is 0 Å². The van der Waals surface area contributed by atoms with Crippen LogP contribution in [-0.2, 0) is 20.9 Å². The quantitative estimate of drug-likeness (QED) is 0.550. The highest BCUT2D eigenvalue weighted by atomic mass is 16.5. The zero-order chi connectivity index (χ0) is 23.6. The Hall–Kier alpha value is -2.90. The second-order valence-electron chi connectivity index (χ2n) is 8.50. The van der Waals surface area contributed by atoms with E-state index in [0.717, 1.165) is 54.0 Å². The highest BCUT2D eigenvalue weighted by Gasteiger charge is 2.24. The molecule has 1 aliphatic rings. The summed E-state index contributed by atoms with van der Waals surface area (Å²) in [6.07, 6.45) is 7.83. The molecule has 1 heterocycles. The first-order valence-electron chi connectivity index (χ1n) is 11.6. The van der Waals surface area contributed by atoms with E-state index >= 15 is 0 Å². The molecule has 0 saturated heterocycles. The average Bonchev–Trinajstić information content (AvgIpc) is 3.33. The van der Waals surface area contributed by atoms with Gasteiger partial charge in [-0.25, -0.2) is 0 Å². The molecule has 0 fully saturated rings. The number of furan rings is 1. The van der Waals surface area contributed by atoms with Gasteiger partial charge in [-0.2, -0.15) is 0 Å². The lowest BCUT2D eigenvalue weighted by atomic mass is 10.0. The highest BCUT2D eigenvalue weighted by molar-refractivity contribution is 5.93. The first kappa shape index (κ1) is 24.7. The molecule has 1 aliphatic carbocycles. The van der Waals surface area contributed by atoms with Gasteiger partial charge in [0.1, 0.15) is 5.76 Å². The van der Waals surface area contributed by atoms with Crippen LogP contribution in [0, 0.1) is 13.8 Å². The fraction of sp³-hybridized carbons (Fsp3) is 0.462. The van der Waals surface area contributed by atoms with Crippen LogP contribution >= 0.6 is 0 Å². The summed E-state index contributed by atoms with van der Waals surface area (Å²) < 4.78 is 10.7. The molecule has 3 rings (SSSR count). The number of aryl methyl sites for hydroxylation is 1. The Kier molecular flexibility index (Phi) is 9.27. The van der Waals surface area contributed by atoms with Crippen LogP contribution in [0.4, 0.5) is 5.69 Å². The summed E-state index contributed by atoms with van der Waals surface area (Å²) in [5.41, 5.74) is 3.99. The maximum Gasteiger partial charge on any atom is 0.241 e. The number of methoxy groups -OCH3 is 1. The van der Waals surface area contributed by atoms with Crippen molar-refractivity contribution in [3.63, 3.8) is 0 Å². The van der Waals surface area contributed by atoms with Crippen LogP contribution in [0.1, 0.15) is 42.6 Å². The molecule has 33 heavy (non-hydrogen) atoms. The van der Waals surface area contributed by atoms with Crippen LogP contribution in [-0.4, -0.2) is 55.0 Å². The molecule has 0 unspecified atom stereocenters. The van der Waals surface area contributed by atoms with Crippen LogP contribution < -0.4 is 5.32 Å². The molecule has 1 aromatic heterocycles. The van der Waals surface area contributed by atoms with Crippen molar-refractivity contribution in [1.29, 1.82) is 0 Å². The minimum atomic E-state index is -0.151. The fourth-order valence-electron chi connectivity index (χ4n) is 3.96. The van der Waals surface area contributed by atoms with Crippen LogP contribution in [0.3, 0.4) is 0 Å². The fourth-order valence-corrected chi connectivity index (χ4v) is 3.96. The smallest absolute Gasteiger partial charge is 0.241 e. The molecule has 0 aliphatic heterocycles. The Morgan fingerprint density at radius 1 is 1.12 bits per heavy atom. The third-order valence-electron chi connectivity index (χ3n) is 6.03. The Labute approximate surface area is 196 Å². The third kappa shape index (κ3) is 7.30. The van der Waals surface area contributed by atoms with Gasteiger partial charge in [0.2, 0.25) is 11.8 Å². The minimum absolute atomic E-state index is 0.0461. The minimum Gasteiger partial charge on any atom is -0.467 e. The number of nitrogens with one attached hydrogen (secondary N) is 1. The third-order valence-corrected chi connectivity index (χ3v) is 6.03. The van der Waals surface area contributed by atoms with Crippen molar-refractivity contribution in [2.75, 3.05) is 38.7 Å². The second-order valence-corrected chi connectivity index (χ2v) is 8.50. The van der Waals surface area contributed by atoms with Crippen molar-refractivity contribution in [3.05, 3.63) is 65.3 Å². The summed E-state index contributed by atoms with van der Waals surface area (Å²) in [6, 6.07) is 9.54. The Balaban J connectivity index is 1.69. The highest BCUT2D eigenvalue weighted by Crippen LogP contribution is 2.23. The zero-order valence-electron chi connectivity index (χ0n) is 19.9. The lowest BCUT2D eigenvalue weighted by Crippen LogP contribution is -2.44. The molecule has 1 aromatic carbocycles. The number of nitrogens with zero attached hydrogens (tertiary/aromatic N) is 2. The Morgan fingerprint density at radius 2 is 1.97 bits per heavy atom. The number of anilines is 1. The molecule has 0 radical (unpaired) electrons. The van der Waals surface area contributed by atoms with Crippen LogP contribution in [0.25, 0.3) is 0 Å². The molecule has 1 N–H and O–H groups in total. The van der Waals surface area contributed by atoms with E-state index in [1.54, 1.807) is 18.3 Å². The van der Waals surface area contributed by atoms with Gasteiger partial charge >= 0.3 is 0 Å². The molecular weight excluding hydrogens is 418 g/mol. The lowest BCUT2D eigenvalue weighted by molar-refractivity contribution is -0.132. The van der Waals surface area contributed by atoms with Crippen molar-refractivity contribution in [2.24, 2.45) is 0 Å². The van der Waals surface area contributed by atoms with Gasteiger partial charge in [0.05, 0.1) is 32.5 Å². The number of amides is 2. The molecule has 0 bridgehead atoms. The largest absolute Gasteiger partial charge is 0.467 e. The Morgan fingerprint density at radius 3 is 2.67 bits per heavy atom. The summed E-state index contributed by atoms with van der Waals surface area (Å²) in [7, 11) is 1.62. The van der Waals surface area contributed by atoms with E-state index in [9.17, 15) is 9.59 Å². The van der Waals surface area contributed by atoms with E-state index in [0.29, 0.717) is 19.7 Å². The lowest BCUT2D eigenvalue weighted by Gasteiger charge is -2.30. The summed E-state index contributed by atoms with van der Waals surface area (Å²) in [4.78, 5) is 29.9. The molecule has 0 saturated carbocycles. The SMILES string of the molecule is COCCN(CC(=O)Nc1cccc(C)c1C)CC(=O)N(Cc1ccco1)C1=CCCCC1. The van der Waals surface area contributed by atoms with Crippen LogP contribution in [0.2, 0.25) is 0 Å². The maximum absolute atomic E-state index is 13.4. The van der Waals surface area contributed by atoms with Gasteiger partial charge in [0, 0.05) is 25.0 Å². The summed E-state index contributed by atoms with van der Waals surface area (Å²) in [5, 5.41) is 2.99. The van der Waals surface area contributed by atoms with Gasteiger partial charge in [-0.1, -0.05) is 18.2 Å². The van der Waals surface area contributed by atoms with Crippen molar-refractivity contribution in [3.8, 4) is 0 Å². The Bertz CT molecular complexity index is 952. The topological polar surface area (TPSA) is 75.0 Å². The summed E-state index contributed by atoms with van der Waals surface area (Å²) in [6.45, 7) is 5.55. The standard InChI is InChI=1S/C26H35N3O4/c1-20-9-7-13-24(21(20)2)27-25(30)18-28(14-16-32-3)19-26(31)29(17-23-12-8-15-33-23)22-10-5-4-6-11-22/h7-10,12-13,15H,4-6,11,14,16-19H2,1-3H3,(H,27,30). The molecule has 0 atom stereocenters. The van der Waals surface area contributed by atoms with Gasteiger partial charge in [-0.05, 0) is 68.9 Å². The number of benzene rings is 1. The molecule has 2 amide bonds. The predicted octanol–water partition coefficient (Wildman–Crippen LogP) is 4.27. The van der Waals surface area contributed by atoms with Gasteiger partial charge in [-0.15, -0.1) is 0 Å². The molecule has 0 spiro atoms. The number of carbonyl (C=O) groups is 2. The van der Waals surface area contributed by atoms with Crippen LogP contribution in [0.5, 0.6) is 0 Å².